The highest BCUT2D eigenvalue weighted by Crippen LogP contribution is 2.41. The fraction of sp³-hybridized carbons (Fsp3) is 0.867. The van der Waals surface area contributed by atoms with Crippen molar-refractivity contribution in [3.05, 3.63) is 11.7 Å². The molecule has 1 aromatic rings. The number of hydrogen-bond acceptors (Lipinski definition) is 5. The summed E-state index contributed by atoms with van der Waals surface area (Å²) in [5.41, 5.74) is -0.298. The molecule has 5 heteroatoms. The normalized spacial score (nSPS) is 29.1. The Balaban J connectivity index is 1.79. The molecule has 0 radical (unpaired) electrons. The minimum atomic E-state index is -0.298. The summed E-state index contributed by atoms with van der Waals surface area (Å²) in [5.74, 6) is 1.92. The Morgan fingerprint density at radius 3 is 2.80 bits per heavy atom. The number of nitrogens with one attached hydrogen (secondary N) is 1. The molecule has 0 aromatic carbocycles. The van der Waals surface area contributed by atoms with Crippen molar-refractivity contribution in [3.63, 3.8) is 0 Å². The number of nitrogens with zero attached hydrogens (tertiary/aromatic N) is 2. The Morgan fingerprint density at radius 1 is 1.30 bits per heavy atom. The van der Waals surface area contributed by atoms with Gasteiger partial charge in [0.25, 0.3) is 0 Å². The predicted molar refractivity (Wildman–Crippen MR) is 75.5 cm³/mol. The molecule has 1 heterocycles. The summed E-state index contributed by atoms with van der Waals surface area (Å²) in [6.45, 7) is 3.14. The van der Waals surface area contributed by atoms with Crippen LogP contribution >= 0.6 is 0 Å². The summed E-state index contributed by atoms with van der Waals surface area (Å²) in [6, 6.07) is 0.482. The van der Waals surface area contributed by atoms with Crippen LogP contribution in [-0.4, -0.2) is 29.8 Å². The average molecular weight is 279 g/mol. The maximum atomic E-state index is 5.73. The Labute approximate surface area is 120 Å². The standard InChI is InChI=1S/C15H25N3O2/c1-3-16-12-8-6-7-11(12)13-17-14(18-20-13)15(19-2)9-4-5-10-15/h11-12,16H,3-10H2,1-2H3. The van der Waals surface area contributed by atoms with Crippen LogP contribution in [0, 0.1) is 0 Å². The van der Waals surface area contributed by atoms with Crippen LogP contribution in [0.3, 0.4) is 0 Å². The van der Waals surface area contributed by atoms with E-state index in [1.807, 2.05) is 0 Å². The molecular formula is C15H25N3O2. The zero-order valence-corrected chi connectivity index (χ0v) is 12.5. The molecule has 0 aliphatic heterocycles. The van der Waals surface area contributed by atoms with Crippen LogP contribution in [0.1, 0.15) is 69.5 Å². The molecular weight excluding hydrogens is 254 g/mol. The largest absolute Gasteiger partial charge is 0.370 e. The van der Waals surface area contributed by atoms with E-state index < -0.39 is 0 Å². The van der Waals surface area contributed by atoms with Crippen LogP contribution < -0.4 is 5.32 Å². The summed E-state index contributed by atoms with van der Waals surface area (Å²) < 4.78 is 11.3. The van der Waals surface area contributed by atoms with E-state index in [1.54, 1.807) is 7.11 Å². The summed E-state index contributed by atoms with van der Waals surface area (Å²) in [5, 5.41) is 7.78. The third kappa shape index (κ3) is 2.37. The van der Waals surface area contributed by atoms with Crippen molar-refractivity contribution >= 4 is 0 Å². The lowest BCUT2D eigenvalue weighted by Crippen LogP contribution is -2.31. The molecule has 2 atom stereocenters. The lowest BCUT2D eigenvalue weighted by molar-refractivity contribution is -0.0178. The second-order valence-electron chi connectivity index (χ2n) is 6.06. The second-order valence-corrected chi connectivity index (χ2v) is 6.06. The number of hydrogen-bond donors (Lipinski definition) is 1. The van der Waals surface area contributed by atoms with Crippen molar-refractivity contribution in [3.8, 4) is 0 Å². The molecule has 1 aromatic heterocycles. The van der Waals surface area contributed by atoms with Gasteiger partial charge in [-0.15, -0.1) is 0 Å². The SMILES string of the molecule is CCNC1CCCC1c1nc(C2(OC)CCCC2)no1. The molecule has 3 rings (SSSR count). The van der Waals surface area contributed by atoms with E-state index in [0.29, 0.717) is 12.0 Å². The summed E-state index contributed by atoms with van der Waals surface area (Å²) in [4.78, 5) is 4.71. The van der Waals surface area contributed by atoms with E-state index in [0.717, 1.165) is 37.5 Å². The molecule has 2 aliphatic rings. The lowest BCUT2D eigenvalue weighted by atomic mass is 10.0. The number of ether oxygens (including phenoxy) is 1. The third-order valence-corrected chi connectivity index (χ3v) is 4.95. The molecule has 0 spiro atoms. The van der Waals surface area contributed by atoms with Gasteiger partial charge < -0.3 is 14.6 Å². The van der Waals surface area contributed by atoms with Gasteiger partial charge in [0.2, 0.25) is 11.7 Å². The molecule has 1 N–H and O–H groups in total. The van der Waals surface area contributed by atoms with Gasteiger partial charge in [0.1, 0.15) is 5.60 Å². The van der Waals surface area contributed by atoms with E-state index in [9.17, 15) is 0 Å². The Kier molecular flexibility index (Phi) is 4.08. The second kappa shape index (κ2) is 5.82. The van der Waals surface area contributed by atoms with Crippen molar-refractivity contribution in [1.82, 2.24) is 15.5 Å². The smallest absolute Gasteiger partial charge is 0.231 e. The number of methoxy groups -OCH3 is 1. The minimum absolute atomic E-state index is 0.298. The monoisotopic (exact) mass is 279 g/mol. The van der Waals surface area contributed by atoms with Crippen LogP contribution in [0.4, 0.5) is 0 Å². The molecule has 2 aliphatic carbocycles. The fourth-order valence-corrected chi connectivity index (χ4v) is 3.80. The van der Waals surface area contributed by atoms with Gasteiger partial charge in [0.05, 0.1) is 5.92 Å². The first-order chi connectivity index (χ1) is 9.79. The van der Waals surface area contributed by atoms with Crippen molar-refractivity contribution in [1.29, 1.82) is 0 Å². The number of aromatic nitrogens is 2. The minimum Gasteiger partial charge on any atom is -0.370 e. The van der Waals surface area contributed by atoms with Crippen molar-refractivity contribution in [2.45, 2.75) is 69.4 Å². The molecule has 2 fully saturated rings. The lowest BCUT2D eigenvalue weighted by Gasteiger charge is -2.22. The third-order valence-electron chi connectivity index (χ3n) is 4.95. The van der Waals surface area contributed by atoms with Gasteiger partial charge >= 0.3 is 0 Å². The Hall–Kier alpha value is -0.940. The van der Waals surface area contributed by atoms with Crippen LogP contribution in [0.5, 0.6) is 0 Å². The van der Waals surface area contributed by atoms with Gasteiger partial charge in [-0.3, -0.25) is 0 Å². The van der Waals surface area contributed by atoms with Crippen molar-refractivity contribution in [2.75, 3.05) is 13.7 Å². The van der Waals surface area contributed by atoms with E-state index in [-0.39, 0.29) is 5.60 Å². The molecule has 2 unspecified atom stereocenters. The highest BCUT2D eigenvalue weighted by atomic mass is 16.5. The highest BCUT2D eigenvalue weighted by molar-refractivity contribution is 5.09. The molecule has 20 heavy (non-hydrogen) atoms. The van der Waals surface area contributed by atoms with E-state index in [4.69, 9.17) is 14.2 Å². The molecule has 5 nitrogen and oxygen atoms in total. The van der Waals surface area contributed by atoms with Crippen LogP contribution in [0.15, 0.2) is 4.52 Å². The van der Waals surface area contributed by atoms with Crippen molar-refractivity contribution < 1.29 is 9.26 Å². The van der Waals surface area contributed by atoms with E-state index in [1.165, 1.54) is 25.7 Å². The van der Waals surface area contributed by atoms with Gasteiger partial charge in [0.15, 0.2) is 0 Å². The predicted octanol–water partition coefficient (Wildman–Crippen LogP) is 2.73. The van der Waals surface area contributed by atoms with Gasteiger partial charge in [-0.05, 0) is 45.1 Å². The van der Waals surface area contributed by atoms with Crippen LogP contribution in [0.2, 0.25) is 0 Å². The number of rotatable bonds is 5. The quantitative estimate of drug-likeness (QED) is 0.898. The summed E-state index contributed by atoms with van der Waals surface area (Å²) >= 11 is 0. The maximum absolute atomic E-state index is 5.73. The zero-order valence-electron chi connectivity index (χ0n) is 12.5. The first kappa shape index (κ1) is 14.0. The first-order valence-electron chi connectivity index (χ1n) is 7.91. The molecule has 2 saturated carbocycles. The fourth-order valence-electron chi connectivity index (χ4n) is 3.80. The highest BCUT2D eigenvalue weighted by Gasteiger charge is 2.41. The van der Waals surface area contributed by atoms with Gasteiger partial charge in [-0.1, -0.05) is 18.5 Å². The summed E-state index contributed by atoms with van der Waals surface area (Å²) in [6.07, 6.45) is 7.94. The molecule has 112 valence electrons. The van der Waals surface area contributed by atoms with Crippen molar-refractivity contribution in [2.24, 2.45) is 0 Å². The van der Waals surface area contributed by atoms with Gasteiger partial charge in [-0.2, -0.15) is 4.98 Å². The maximum Gasteiger partial charge on any atom is 0.231 e. The number of likely N-dealkylation sites (N-methyl/N-ethyl adjacent to an activating group) is 1. The van der Waals surface area contributed by atoms with Crippen LogP contribution in [0.25, 0.3) is 0 Å². The van der Waals surface area contributed by atoms with Crippen LogP contribution in [-0.2, 0) is 10.3 Å². The topological polar surface area (TPSA) is 60.2 Å². The zero-order chi connectivity index (χ0) is 14.0. The Morgan fingerprint density at radius 2 is 2.10 bits per heavy atom. The van der Waals surface area contributed by atoms with Gasteiger partial charge in [-0.25, -0.2) is 0 Å². The Bertz CT molecular complexity index is 440. The first-order valence-corrected chi connectivity index (χ1v) is 7.91. The summed E-state index contributed by atoms with van der Waals surface area (Å²) in [7, 11) is 1.76. The molecule has 0 saturated heterocycles. The van der Waals surface area contributed by atoms with E-state index >= 15 is 0 Å². The van der Waals surface area contributed by atoms with E-state index in [2.05, 4.69) is 17.4 Å². The van der Waals surface area contributed by atoms with Gasteiger partial charge in [0, 0.05) is 13.2 Å². The molecule has 0 bridgehead atoms. The average Bonchev–Trinajstić information content (AvgIpc) is 3.19. The molecule has 0 amide bonds.